The molecule has 28 heavy (non-hydrogen) atoms. The minimum absolute atomic E-state index is 0.176. The van der Waals surface area contributed by atoms with Gasteiger partial charge in [0.25, 0.3) is 5.91 Å². The molecule has 2 aliphatic heterocycles. The van der Waals surface area contributed by atoms with E-state index in [-0.39, 0.29) is 5.91 Å². The van der Waals surface area contributed by atoms with Gasteiger partial charge in [0.2, 0.25) is 0 Å². The highest BCUT2D eigenvalue weighted by molar-refractivity contribution is 5.95. The van der Waals surface area contributed by atoms with Crippen LogP contribution in [0.5, 0.6) is 0 Å². The number of carbonyl (C=O) groups is 1. The molecule has 4 heterocycles. The molecule has 0 N–H and O–H groups in total. The van der Waals surface area contributed by atoms with Gasteiger partial charge in [0.15, 0.2) is 0 Å². The Labute approximate surface area is 167 Å². The van der Waals surface area contributed by atoms with Crippen molar-refractivity contribution < 1.29 is 9.21 Å². The Kier molecular flexibility index (Phi) is 5.81. The first-order valence-corrected chi connectivity index (χ1v) is 10.6. The molecule has 150 valence electrons. The fraction of sp³-hybridized carbons (Fsp3) is 0.565. The number of hydrogen-bond acceptors (Lipinski definition) is 4. The van der Waals surface area contributed by atoms with Gasteiger partial charge in [-0.2, -0.15) is 0 Å². The summed E-state index contributed by atoms with van der Waals surface area (Å²) in [5.74, 6) is 1.26. The largest absolute Gasteiger partial charge is 0.472 e. The van der Waals surface area contributed by atoms with Crippen molar-refractivity contribution in [3.63, 3.8) is 0 Å². The first-order valence-electron chi connectivity index (χ1n) is 10.6. The van der Waals surface area contributed by atoms with E-state index in [4.69, 9.17) is 9.40 Å². The molecule has 2 saturated heterocycles. The van der Waals surface area contributed by atoms with Crippen LogP contribution in [-0.4, -0.2) is 46.9 Å². The summed E-state index contributed by atoms with van der Waals surface area (Å²) in [7, 11) is 0. The maximum Gasteiger partial charge on any atom is 0.255 e. The van der Waals surface area contributed by atoms with Crippen LogP contribution in [0, 0.1) is 12.8 Å². The fourth-order valence-corrected chi connectivity index (χ4v) is 4.46. The smallest absolute Gasteiger partial charge is 0.255 e. The normalized spacial score (nSPS) is 19.9. The van der Waals surface area contributed by atoms with Gasteiger partial charge in [-0.05, 0) is 69.8 Å². The lowest BCUT2D eigenvalue weighted by Crippen LogP contribution is -2.39. The highest BCUT2D eigenvalue weighted by Gasteiger charge is 2.29. The monoisotopic (exact) mass is 381 g/mol. The summed E-state index contributed by atoms with van der Waals surface area (Å²) in [6, 6.07) is 6.03. The summed E-state index contributed by atoms with van der Waals surface area (Å²) in [6.45, 7) is 9.03. The number of rotatable bonds is 4. The first kappa shape index (κ1) is 19.2. The van der Waals surface area contributed by atoms with E-state index < -0.39 is 0 Å². The van der Waals surface area contributed by atoms with Crippen LogP contribution in [0.4, 0.5) is 0 Å². The van der Waals surface area contributed by atoms with Gasteiger partial charge >= 0.3 is 0 Å². The minimum Gasteiger partial charge on any atom is -0.472 e. The SMILES string of the molecule is Cc1ccc(C(=O)N2CCC(C)CC2)c(C2CCN(Cc3ccoc3)CC2)n1. The van der Waals surface area contributed by atoms with Gasteiger partial charge < -0.3 is 9.32 Å². The van der Waals surface area contributed by atoms with Crippen LogP contribution in [0.25, 0.3) is 0 Å². The van der Waals surface area contributed by atoms with Crippen molar-refractivity contribution in [1.82, 2.24) is 14.8 Å². The molecule has 0 aliphatic carbocycles. The number of pyridine rings is 1. The molecule has 0 aromatic carbocycles. The third-order valence-electron chi connectivity index (χ3n) is 6.33. The lowest BCUT2D eigenvalue weighted by molar-refractivity contribution is 0.0694. The average molecular weight is 382 g/mol. The molecular formula is C23H31N3O2. The molecule has 5 nitrogen and oxygen atoms in total. The summed E-state index contributed by atoms with van der Waals surface area (Å²) in [5, 5.41) is 0. The van der Waals surface area contributed by atoms with E-state index in [1.807, 2.05) is 36.3 Å². The van der Waals surface area contributed by atoms with Gasteiger partial charge in [0.05, 0.1) is 23.8 Å². The molecule has 5 heteroatoms. The van der Waals surface area contributed by atoms with Crippen LogP contribution in [0.2, 0.25) is 0 Å². The van der Waals surface area contributed by atoms with Crippen molar-refractivity contribution in [3.05, 3.63) is 53.2 Å². The van der Waals surface area contributed by atoms with E-state index in [1.54, 1.807) is 6.26 Å². The number of hydrogen-bond donors (Lipinski definition) is 0. The van der Waals surface area contributed by atoms with E-state index in [1.165, 1.54) is 5.56 Å². The third-order valence-corrected chi connectivity index (χ3v) is 6.33. The maximum absolute atomic E-state index is 13.2. The Morgan fingerprint density at radius 3 is 2.54 bits per heavy atom. The summed E-state index contributed by atoms with van der Waals surface area (Å²) in [4.78, 5) is 22.6. The lowest BCUT2D eigenvalue weighted by Gasteiger charge is -2.34. The number of furan rings is 1. The van der Waals surface area contributed by atoms with E-state index in [0.29, 0.717) is 5.92 Å². The zero-order chi connectivity index (χ0) is 19.5. The number of piperidine rings is 2. The average Bonchev–Trinajstić information content (AvgIpc) is 3.22. The number of carbonyl (C=O) groups excluding carboxylic acids is 1. The predicted octanol–water partition coefficient (Wildman–Crippen LogP) is 4.23. The van der Waals surface area contributed by atoms with Gasteiger partial charge in [-0.25, -0.2) is 0 Å². The zero-order valence-corrected chi connectivity index (χ0v) is 17.1. The van der Waals surface area contributed by atoms with Gasteiger partial charge in [-0.15, -0.1) is 0 Å². The fourth-order valence-electron chi connectivity index (χ4n) is 4.46. The Bertz CT molecular complexity index is 786. The second-order valence-electron chi connectivity index (χ2n) is 8.54. The zero-order valence-electron chi connectivity index (χ0n) is 17.1. The van der Waals surface area contributed by atoms with Crippen LogP contribution < -0.4 is 0 Å². The molecule has 0 bridgehead atoms. The van der Waals surface area contributed by atoms with Crippen molar-refractivity contribution in [2.75, 3.05) is 26.2 Å². The molecule has 0 saturated carbocycles. The predicted molar refractivity (Wildman–Crippen MR) is 109 cm³/mol. The van der Waals surface area contributed by atoms with E-state index in [2.05, 4.69) is 11.8 Å². The maximum atomic E-state index is 13.2. The van der Waals surface area contributed by atoms with E-state index >= 15 is 0 Å². The third kappa shape index (κ3) is 4.30. The first-order chi connectivity index (χ1) is 13.6. The quantitative estimate of drug-likeness (QED) is 0.795. The number of nitrogens with zero attached hydrogens (tertiary/aromatic N) is 3. The number of likely N-dealkylation sites (tertiary alicyclic amines) is 2. The Hall–Kier alpha value is -2.14. The molecular weight excluding hydrogens is 350 g/mol. The highest BCUT2D eigenvalue weighted by Crippen LogP contribution is 2.31. The van der Waals surface area contributed by atoms with Crippen molar-refractivity contribution in [1.29, 1.82) is 0 Å². The molecule has 2 fully saturated rings. The number of aryl methyl sites for hydroxylation is 1. The van der Waals surface area contributed by atoms with Crippen LogP contribution >= 0.6 is 0 Å². The van der Waals surface area contributed by atoms with E-state index in [9.17, 15) is 4.79 Å². The standard InChI is InChI=1S/C23H31N3O2/c1-17-5-12-26(13-6-17)23(27)21-4-3-18(2)24-22(21)20-7-10-25(11-8-20)15-19-9-14-28-16-19/h3-4,9,14,16-17,20H,5-8,10-13,15H2,1-2H3. The molecule has 2 aliphatic rings. The molecule has 2 aromatic rings. The van der Waals surface area contributed by atoms with Crippen LogP contribution in [0.3, 0.4) is 0 Å². The Balaban J connectivity index is 1.45. The van der Waals surface area contributed by atoms with Crippen molar-refractivity contribution >= 4 is 5.91 Å². The molecule has 0 radical (unpaired) electrons. The molecule has 0 atom stereocenters. The second-order valence-corrected chi connectivity index (χ2v) is 8.54. The minimum atomic E-state index is 0.176. The number of amides is 1. The summed E-state index contributed by atoms with van der Waals surface area (Å²) >= 11 is 0. The molecule has 0 spiro atoms. The summed E-state index contributed by atoms with van der Waals surface area (Å²) < 4.78 is 5.19. The molecule has 2 aromatic heterocycles. The second kappa shape index (κ2) is 8.48. The highest BCUT2D eigenvalue weighted by atomic mass is 16.3. The van der Waals surface area contributed by atoms with Gasteiger partial charge in [-0.1, -0.05) is 6.92 Å². The van der Waals surface area contributed by atoms with E-state index in [0.717, 1.165) is 81.3 Å². The van der Waals surface area contributed by atoms with Crippen molar-refractivity contribution in [2.24, 2.45) is 5.92 Å². The van der Waals surface area contributed by atoms with Gasteiger partial charge in [0.1, 0.15) is 0 Å². The van der Waals surface area contributed by atoms with Gasteiger partial charge in [-0.3, -0.25) is 14.7 Å². The summed E-state index contributed by atoms with van der Waals surface area (Å²) in [5.41, 5.74) is 4.07. The lowest BCUT2D eigenvalue weighted by atomic mass is 9.89. The van der Waals surface area contributed by atoms with Crippen molar-refractivity contribution in [2.45, 2.75) is 52.0 Å². The molecule has 4 rings (SSSR count). The molecule has 1 amide bonds. The van der Waals surface area contributed by atoms with Crippen LogP contribution in [0.1, 0.15) is 65.8 Å². The topological polar surface area (TPSA) is 49.6 Å². The Morgan fingerprint density at radius 1 is 1.11 bits per heavy atom. The van der Waals surface area contributed by atoms with Gasteiger partial charge in [0, 0.05) is 36.8 Å². The van der Waals surface area contributed by atoms with Crippen LogP contribution in [-0.2, 0) is 6.54 Å². The summed E-state index contributed by atoms with van der Waals surface area (Å²) in [6.07, 6.45) is 7.86. The molecule has 0 unspecified atom stereocenters. The Morgan fingerprint density at radius 2 is 1.86 bits per heavy atom. The van der Waals surface area contributed by atoms with Crippen LogP contribution in [0.15, 0.2) is 35.1 Å². The number of aromatic nitrogens is 1. The van der Waals surface area contributed by atoms with Crippen molar-refractivity contribution in [3.8, 4) is 0 Å².